The quantitative estimate of drug-likeness (QED) is 0.649. The number of unbranched alkanes of at least 4 members (excludes halogenated alkanes) is 1. The summed E-state index contributed by atoms with van der Waals surface area (Å²) in [6.45, 7) is 6.65. The molecule has 1 aliphatic heterocycles. The van der Waals surface area contributed by atoms with Crippen molar-refractivity contribution in [2.24, 2.45) is 0 Å². The molecule has 0 spiro atoms. The zero-order valence-electron chi connectivity index (χ0n) is 15.5. The molecule has 3 aromatic rings. The molecule has 0 atom stereocenters. The summed E-state index contributed by atoms with van der Waals surface area (Å²) in [5.74, 6) is 0.899. The van der Waals surface area contributed by atoms with E-state index in [9.17, 15) is 0 Å². The van der Waals surface area contributed by atoms with E-state index in [1.54, 1.807) is 0 Å². The van der Waals surface area contributed by atoms with Gasteiger partial charge in [-0.05, 0) is 50.0 Å². The van der Waals surface area contributed by atoms with Gasteiger partial charge in [-0.25, -0.2) is 9.50 Å². The fourth-order valence-corrected chi connectivity index (χ4v) is 3.54. The first kappa shape index (κ1) is 17.0. The fourth-order valence-electron chi connectivity index (χ4n) is 3.54. The number of hydrogen-bond acceptors (Lipinski definition) is 4. The van der Waals surface area contributed by atoms with E-state index in [0.29, 0.717) is 0 Å². The number of anilines is 1. The summed E-state index contributed by atoms with van der Waals surface area (Å²) < 4.78 is 1.93. The first-order chi connectivity index (χ1) is 12.8. The molecule has 1 N–H and O–H groups in total. The van der Waals surface area contributed by atoms with Gasteiger partial charge in [0.2, 0.25) is 0 Å². The summed E-state index contributed by atoms with van der Waals surface area (Å²) in [6.07, 6.45) is 6.90. The van der Waals surface area contributed by atoms with Gasteiger partial charge in [0.05, 0.1) is 11.9 Å². The van der Waals surface area contributed by atoms with Crippen molar-refractivity contribution >= 4 is 11.5 Å². The standard InChI is InChI=1S/C21H27N5/c1-2-3-12-22-20-10-11-21-23-15-19(26(21)24-20)18-8-6-17(7-9-18)16-25-13-4-5-14-25/h6-11,15H,2-5,12-14,16H2,1H3,(H,22,24). The van der Waals surface area contributed by atoms with Crippen LogP contribution >= 0.6 is 0 Å². The van der Waals surface area contributed by atoms with Crippen molar-refractivity contribution in [3.8, 4) is 11.3 Å². The molecule has 2 aromatic heterocycles. The second kappa shape index (κ2) is 7.87. The number of hydrogen-bond donors (Lipinski definition) is 1. The third-order valence-corrected chi connectivity index (χ3v) is 5.05. The Balaban J connectivity index is 1.54. The molecule has 3 heterocycles. The van der Waals surface area contributed by atoms with Crippen molar-refractivity contribution in [2.75, 3.05) is 25.0 Å². The van der Waals surface area contributed by atoms with Crippen LogP contribution in [0.25, 0.3) is 16.9 Å². The second-order valence-electron chi connectivity index (χ2n) is 7.09. The van der Waals surface area contributed by atoms with Gasteiger partial charge in [0.25, 0.3) is 0 Å². The smallest absolute Gasteiger partial charge is 0.154 e. The van der Waals surface area contributed by atoms with Crippen molar-refractivity contribution in [3.05, 3.63) is 48.2 Å². The minimum Gasteiger partial charge on any atom is -0.369 e. The summed E-state index contributed by atoms with van der Waals surface area (Å²) in [5, 5.41) is 8.11. The van der Waals surface area contributed by atoms with Gasteiger partial charge in [0.1, 0.15) is 5.82 Å². The zero-order chi connectivity index (χ0) is 17.8. The van der Waals surface area contributed by atoms with Crippen molar-refractivity contribution < 1.29 is 0 Å². The van der Waals surface area contributed by atoms with Crippen LogP contribution in [0.2, 0.25) is 0 Å². The molecular formula is C21H27N5. The monoisotopic (exact) mass is 349 g/mol. The molecule has 0 bridgehead atoms. The molecule has 5 nitrogen and oxygen atoms in total. The molecule has 1 aromatic carbocycles. The van der Waals surface area contributed by atoms with E-state index in [0.717, 1.165) is 42.2 Å². The van der Waals surface area contributed by atoms with Crippen LogP contribution in [-0.4, -0.2) is 39.1 Å². The lowest BCUT2D eigenvalue weighted by atomic mass is 10.1. The summed E-state index contributed by atoms with van der Waals surface area (Å²) in [7, 11) is 0. The Morgan fingerprint density at radius 2 is 1.85 bits per heavy atom. The largest absolute Gasteiger partial charge is 0.369 e. The maximum atomic E-state index is 4.72. The van der Waals surface area contributed by atoms with Crippen molar-refractivity contribution in [3.63, 3.8) is 0 Å². The molecule has 0 amide bonds. The number of imidazole rings is 1. The Labute approximate surface area is 155 Å². The number of benzene rings is 1. The molecule has 1 aliphatic rings. The van der Waals surface area contributed by atoms with Crippen LogP contribution in [0.4, 0.5) is 5.82 Å². The van der Waals surface area contributed by atoms with Crippen LogP contribution in [0.15, 0.2) is 42.6 Å². The molecule has 5 heteroatoms. The average Bonchev–Trinajstić information content (AvgIpc) is 3.32. The Kier molecular flexibility index (Phi) is 5.16. The molecule has 26 heavy (non-hydrogen) atoms. The molecule has 0 unspecified atom stereocenters. The van der Waals surface area contributed by atoms with Crippen LogP contribution in [0.5, 0.6) is 0 Å². The molecule has 136 valence electrons. The highest BCUT2D eigenvalue weighted by Crippen LogP contribution is 2.22. The summed E-state index contributed by atoms with van der Waals surface area (Å²) in [4.78, 5) is 7.03. The van der Waals surface area contributed by atoms with Gasteiger partial charge in [0, 0.05) is 18.7 Å². The zero-order valence-corrected chi connectivity index (χ0v) is 15.5. The third-order valence-electron chi connectivity index (χ3n) is 5.05. The number of likely N-dealkylation sites (tertiary alicyclic amines) is 1. The normalized spacial score (nSPS) is 15.0. The summed E-state index contributed by atoms with van der Waals surface area (Å²) in [5.41, 5.74) is 4.44. The van der Waals surface area contributed by atoms with Gasteiger partial charge < -0.3 is 5.32 Å². The van der Waals surface area contributed by atoms with Crippen LogP contribution in [0.1, 0.15) is 38.2 Å². The summed E-state index contributed by atoms with van der Waals surface area (Å²) in [6, 6.07) is 12.9. The average molecular weight is 349 g/mol. The molecule has 1 fully saturated rings. The minimum atomic E-state index is 0.877. The molecule has 0 saturated carbocycles. The lowest BCUT2D eigenvalue weighted by Gasteiger charge is -2.14. The van der Waals surface area contributed by atoms with Crippen molar-refractivity contribution in [2.45, 2.75) is 39.2 Å². The molecule has 4 rings (SSSR count). The van der Waals surface area contributed by atoms with Gasteiger partial charge in [-0.2, -0.15) is 0 Å². The first-order valence-corrected chi connectivity index (χ1v) is 9.74. The van der Waals surface area contributed by atoms with Gasteiger partial charge in [-0.1, -0.05) is 37.6 Å². The van der Waals surface area contributed by atoms with E-state index in [-0.39, 0.29) is 0 Å². The highest BCUT2D eigenvalue weighted by Gasteiger charge is 2.12. The number of aromatic nitrogens is 3. The predicted octanol–water partition coefficient (Wildman–Crippen LogP) is 4.20. The van der Waals surface area contributed by atoms with Crippen LogP contribution in [0.3, 0.4) is 0 Å². The topological polar surface area (TPSA) is 45.5 Å². The van der Waals surface area contributed by atoms with E-state index in [2.05, 4.69) is 46.4 Å². The Morgan fingerprint density at radius 1 is 1.04 bits per heavy atom. The van der Waals surface area contributed by atoms with Crippen molar-refractivity contribution in [1.29, 1.82) is 0 Å². The van der Waals surface area contributed by atoms with Crippen LogP contribution < -0.4 is 5.32 Å². The van der Waals surface area contributed by atoms with Crippen molar-refractivity contribution in [1.82, 2.24) is 19.5 Å². The summed E-state index contributed by atoms with van der Waals surface area (Å²) >= 11 is 0. The number of nitrogens with zero attached hydrogens (tertiary/aromatic N) is 4. The van der Waals surface area contributed by atoms with Gasteiger partial charge in [-0.15, -0.1) is 5.10 Å². The van der Waals surface area contributed by atoms with E-state index in [1.165, 1.54) is 37.9 Å². The highest BCUT2D eigenvalue weighted by atomic mass is 15.3. The van der Waals surface area contributed by atoms with E-state index in [1.807, 2.05) is 22.8 Å². The fraction of sp³-hybridized carbons (Fsp3) is 0.429. The van der Waals surface area contributed by atoms with Gasteiger partial charge in [0.15, 0.2) is 5.65 Å². The van der Waals surface area contributed by atoms with Crippen LogP contribution in [0, 0.1) is 0 Å². The predicted molar refractivity (Wildman–Crippen MR) is 106 cm³/mol. The highest BCUT2D eigenvalue weighted by molar-refractivity contribution is 5.63. The Bertz CT molecular complexity index is 846. The van der Waals surface area contributed by atoms with Gasteiger partial charge in [-0.3, -0.25) is 4.90 Å². The van der Waals surface area contributed by atoms with E-state index >= 15 is 0 Å². The molecule has 1 saturated heterocycles. The van der Waals surface area contributed by atoms with Crippen LogP contribution in [-0.2, 0) is 6.54 Å². The third kappa shape index (κ3) is 3.73. The molecule has 0 radical (unpaired) electrons. The second-order valence-corrected chi connectivity index (χ2v) is 7.09. The lowest BCUT2D eigenvalue weighted by molar-refractivity contribution is 0.331. The SMILES string of the molecule is CCCCNc1ccc2ncc(-c3ccc(CN4CCCC4)cc3)n2n1. The van der Waals surface area contributed by atoms with E-state index < -0.39 is 0 Å². The maximum Gasteiger partial charge on any atom is 0.154 e. The number of rotatable bonds is 7. The van der Waals surface area contributed by atoms with Gasteiger partial charge >= 0.3 is 0 Å². The number of fused-ring (bicyclic) bond motifs is 1. The Hall–Kier alpha value is -2.40. The lowest BCUT2D eigenvalue weighted by Crippen LogP contribution is -2.18. The first-order valence-electron chi connectivity index (χ1n) is 9.74. The number of nitrogens with one attached hydrogen (secondary N) is 1. The minimum absolute atomic E-state index is 0.877. The maximum absolute atomic E-state index is 4.72. The Morgan fingerprint density at radius 3 is 2.62 bits per heavy atom. The van der Waals surface area contributed by atoms with E-state index in [4.69, 9.17) is 5.10 Å². The molecular weight excluding hydrogens is 322 g/mol. The molecule has 0 aliphatic carbocycles.